The molecule has 4 N–H and O–H groups in total. The van der Waals surface area contributed by atoms with Crippen LogP contribution >= 0.6 is 11.8 Å². The van der Waals surface area contributed by atoms with Crippen LogP contribution in [-0.4, -0.2) is 53.3 Å². The van der Waals surface area contributed by atoms with E-state index in [1.807, 2.05) is 6.92 Å². The van der Waals surface area contributed by atoms with E-state index in [0.29, 0.717) is 6.42 Å². The first-order valence-electron chi connectivity index (χ1n) is 6.42. The van der Waals surface area contributed by atoms with Crippen molar-refractivity contribution >= 4 is 23.6 Å². The van der Waals surface area contributed by atoms with Crippen LogP contribution in [0, 0.1) is 0 Å². The molecule has 6 nitrogen and oxygen atoms in total. The zero-order valence-electron chi connectivity index (χ0n) is 11.7. The zero-order valence-corrected chi connectivity index (χ0v) is 12.5. The van der Waals surface area contributed by atoms with E-state index in [9.17, 15) is 14.7 Å². The smallest absolute Gasteiger partial charge is 0.328 e. The largest absolute Gasteiger partial charge is 0.464 e. The first-order chi connectivity index (χ1) is 8.93. The van der Waals surface area contributed by atoms with Gasteiger partial charge in [-0.05, 0) is 31.8 Å². The fourth-order valence-corrected chi connectivity index (χ4v) is 2.07. The summed E-state index contributed by atoms with van der Waals surface area (Å²) in [4.78, 5) is 23.0. The molecule has 3 atom stereocenters. The number of esters is 1. The van der Waals surface area contributed by atoms with Crippen LogP contribution in [0.4, 0.5) is 0 Å². The number of hydrogen-bond donors (Lipinski definition) is 3. The molecule has 0 saturated heterocycles. The number of hydrogen-bond acceptors (Lipinski definition) is 6. The minimum atomic E-state index is -1.31. The van der Waals surface area contributed by atoms with Gasteiger partial charge in [0.05, 0.1) is 6.61 Å². The fraction of sp³-hybridized carbons (Fsp3) is 0.833. The number of amides is 1. The lowest BCUT2D eigenvalue weighted by Gasteiger charge is -2.20. The van der Waals surface area contributed by atoms with E-state index in [1.165, 1.54) is 6.92 Å². The third-order valence-corrected chi connectivity index (χ3v) is 3.41. The average Bonchev–Trinajstić information content (AvgIpc) is 2.38. The second kappa shape index (κ2) is 10.1. The van der Waals surface area contributed by atoms with Crippen molar-refractivity contribution in [2.45, 2.75) is 45.4 Å². The average molecular weight is 292 g/mol. The summed E-state index contributed by atoms with van der Waals surface area (Å²) >= 11 is 1.69. The summed E-state index contributed by atoms with van der Waals surface area (Å²) in [6.07, 6.45) is -0.768. The van der Waals surface area contributed by atoms with Gasteiger partial charge in [-0.15, -0.1) is 0 Å². The molecule has 0 aliphatic carbocycles. The first-order valence-corrected chi connectivity index (χ1v) is 7.57. The predicted molar refractivity (Wildman–Crippen MR) is 75.8 cm³/mol. The molecular formula is C12H24N2O4S. The summed E-state index contributed by atoms with van der Waals surface area (Å²) in [5.74, 6) is 0.581. The summed E-state index contributed by atoms with van der Waals surface area (Å²) in [5.41, 5.74) is 5.73. The highest BCUT2D eigenvalue weighted by atomic mass is 32.2. The lowest BCUT2D eigenvalue weighted by atomic mass is 10.1. The van der Waals surface area contributed by atoms with Crippen LogP contribution in [0.3, 0.4) is 0 Å². The van der Waals surface area contributed by atoms with Crippen molar-refractivity contribution < 1.29 is 19.4 Å². The maximum Gasteiger partial charge on any atom is 0.328 e. The van der Waals surface area contributed by atoms with Crippen molar-refractivity contribution in [3.8, 4) is 0 Å². The minimum absolute atomic E-state index is 0.245. The van der Waals surface area contributed by atoms with Crippen LogP contribution in [0.15, 0.2) is 0 Å². The SMILES string of the molecule is CCOC(=O)[C@@H](C)NC(=O)[C@H](O)[C@H](N)CCSCC. The maximum absolute atomic E-state index is 11.7. The van der Waals surface area contributed by atoms with Crippen LogP contribution in [0.5, 0.6) is 0 Å². The van der Waals surface area contributed by atoms with Crippen molar-refractivity contribution in [1.29, 1.82) is 0 Å². The molecule has 0 radical (unpaired) electrons. The number of nitrogens with two attached hydrogens (primary N) is 1. The van der Waals surface area contributed by atoms with Gasteiger partial charge in [-0.3, -0.25) is 4.79 Å². The van der Waals surface area contributed by atoms with E-state index >= 15 is 0 Å². The third-order valence-electron chi connectivity index (χ3n) is 2.47. The molecule has 1 amide bonds. The van der Waals surface area contributed by atoms with Crippen molar-refractivity contribution in [3.05, 3.63) is 0 Å². The van der Waals surface area contributed by atoms with Gasteiger partial charge in [-0.2, -0.15) is 11.8 Å². The topological polar surface area (TPSA) is 102 Å². The number of ether oxygens (including phenoxy) is 1. The molecule has 0 rings (SSSR count). The van der Waals surface area contributed by atoms with Crippen molar-refractivity contribution in [2.75, 3.05) is 18.1 Å². The van der Waals surface area contributed by atoms with E-state index in [-0.39, 0.29) is 6.61 Å². The standard InChI is InChI=1S/C12H24N2O4S/c1-4-18-12(17)8(3)14-11(16)10(15)9(13)6-7-19-5-2/h8-10,15H,4-7,13H2,1-3H3,(H,14,16)/t8-,9-,10-/m1/s1. The van der Waals surface area contributed by atoms with E-state index in [2.05, 4.69) is 5.32 Å². The van der Waals surface area contributed by atoms with E-state index < -0.39 is 30.1 Å². The molecule has 0 aliphatic heterocycles. The molecule has 0 aromatic carbocycles. The van der Waals surface area contributed by atoms with Crippen LogP contribution < -0.4 is 11.1 Å². The number of nitrogens with one attached hydrogen (secondary N) is 1. The highest BCUT2D eigenvalue weighted by molar-refractivity contribution is 7.99. The van der Waals surface area contributed by atoms with E-state index in [0.717, 1.165) is 11.5 Å². The second-order valence-electron chi connectivity index (χ2n) is 4.08. The lowest BCUT2D eigenvalue weighted by Crippen LogP contribution is -2.50. The first kappa shape index (κ1) is 18.2. The van der Waals surface area contributed by atoms with Crippen LogP contribution in [-0.2, 0) is 14.3 Å². The Morgan fingerprint density at radius 1 is 1.42 bits per heavy atom. The summed E-state index contributed by atoms with van der Waals surface area (Å²) in [5, 5.41) is 12.1. The Labute approximate surface area is 118 Å². The van der Waals surface area contributed by atoms with E-state index in [1.54, 1.807) is 18.7 Å². The van der Waals surface area contributed by atoms with Crippen molar-refractivity contribution in [3.63, 3.8) is 0 Å². The Morgan fingerprint density at radius 3 is 2.58 bits per heavy atom. The van der Waals surface area contributed by atoms with Gasteiger partial charge in [0.2, 0.25) is 0 Å². The van der Waals surface area contributed by atoms with Crippen LogP contribution in [0.1, 0.15) is 27.2 Å². The normalized spacial score (nSPS) is 15.4. The van der Waals surface area contributed by atoms with Gasteiger partial charge in [0, 0.05) is 6.04 Å². The Balaban J connectivity index is 4.14. The van der Waals surface area contributed by atoms with Gasteiger partial charge < -0.3 is 20.9 Å². The van der Waals surface area contributed by atoms with Crippen molar-refractivity contribution in [1.82, 2.24) is 5.32 Å². The minimum Gasteiger partial charge on any atom is -0.464 e. The summed E-state index contributed by atoms with van der Waals surface area (Å²) in [6.45, 7) is 5.46. The molecule has 0 bridgehead atoms. The fourth-order valence-electron chi connectivity index (χ4n) is 1.34. The number of rotatable bonds is 9. The molecule has 112 valence electrons. The molecule has 0 spiro atoms. The van der Waals surface area contributed by atoms with Crippen molar-refractivity contribution in [2.24, 2.45) is 5.73 Å². The number of aliphatic hydroxyl groups is 1. The predicted octanol–water partition coefficient (Wildman–Crippen LogP) is -0.114. The quantitative estimate of drug-likeness (QED) is 0.405. The number of carbonyl (C=O) groups is 2. The molecular weight excluding hydrogens is 268 g/mol. The maximum atomic E-state index is 11.7. The highest BCUT2D eigenvalue weighted by Gasteiger charge is 2.26. The number of thioether (sulfide) groups is 1. The Hall–Kier alpha value is -0.790. The van der Waals surface area contributed by atoms with Gasteiger partial charge in [0.1, 0.15) is 12.1 Å². The zero-order chi connectivity index (χ0) is 14.8. The molecule has 7 heteroatoms. The van der Waals surface area contributed by atoms with Crippen LogP contribution in [0.25, 0.3) is 0 Å². The third kappa shape index (κ3) is 7.39. The van der Waals surface area contributed by atoms with Gasteiger partial charge in [-0.1, -0.05) is 6.92 Å². The molecule has 0 saturated carbocycles. The van der Waals surface area contributed by atoms with Gasteiger partial charge in [-0.25, -0.2) is 4.79 Å². The molecule has 0 unspecified atom stereocenters. The number of carbonyl (C=O) groups excluding carboxylic acids is 2. The molecule has 0 fully saturated rings. The molecule has 0 heterocycles. The molecule has 0 aromatic heterocycles. The van der Waals surface area contributed by atoms with Gasteiger partial charge >= 0.3 is 5.97 Å². The number of aliphatic hydroxyl groups excluding tert-OH is 1. The molecule has 0 aliphatic rings. The van der Waals surface area contributed by atoms with Gasteiger partial charge in [0.15, 0.2) is 0 Å². The van der Waals surface area contributed by atoms with Crippen LogP contribution in [0.2, 0.25) is 0 Å². The summed E-state index contributed by atoms with van der Waals surface area (Å²) in [6, 6.07) is -1.42. The second-order valence-corrected chi connectivity index (χ2v) is 5.47. The molecule has 0 aromatic rings. The monoisotopic (exact) mass is 292 g/mol. The Kier molecular flexibility index (Phi) is 9.63. The summed E-state index contributed by atoms with van der Waals surface area (Å²) in [7, 11) is 0. The highest BCUT2D eigenvalue weighted by Crippen LogP contribution is 2.06. The Bertz CT molecular complexity index is 289. The Morgan fingerprint density at radius 2 is 2.05 bits per heavy atom. The van der Waals surface area contributed by atoms with E-state index in [4.69, 9.17) is 10.5 Å². The lowest BCUT2D eigenvalue weighted by molar-refractivity contribution is -0.148. The van der Waals surface area contributed by atoms with Gasteiger partial charge in [0.25, 0.3) is 5.91 Å². The molecule has 19 heavy (non-hydrogen) atoms. The summed E-state index contributed by atoms with van der Waals surface area (Å²) < 4.78 is 4.75.